The van der Waals surface area contributed by atoms with Crippen LogP contribution in [0.4, 0.5) is 0 Å². The Morgan fingerprint density at radius 1 is 1.23 bits per heavy atom. The van der Waals surface area contributed by atoms with Crippen LogP contribution in [-0.4, -0.2) is 93.0 Å². The maximum atomic E-state index is 12.1. The molecule has 2 fully saturated rings. The number of ether oxygens (including phenoxy) is 2. The smallest absolute Gasteiger partial charge is 0.225 e. The van der Waals surface area contributed by atoms with E-state index in [2.05, 4.69) is 4.72 Å². The molecule has 2 saturated heterocycles. The zero-order chi connectivity index (χ0) is 16.3. The highest BCUT2D eigenvalue weighted by Crippen LogP contribution is 2.24. The molecule has 1 amide bonds. The Morgan fingerprint density at radius 3 is 2.41 bits per heavy atom. The number of rotatable bonds is 5. The van der Waals surface area contributed by atoms with Gasteiger partial charge in [0, 0.05) is 19.6 Å². The van der Waals surface area contributed by atoms with Crippen LogP contribution < -0.4 is 4.72 Å². The zero-order valence-corrected chi connectivity index (χ0v) is 13.2. The van der Waals surface area contributed by atoms with Gasteiger partial charge in [-0.05, 0) is 0 Å². The van der Waals surface area contributed by atoms with Gasteiger partial charge in [-0.3, -0.25) is 4.79 Å². The normalized spacial score (nSPS) is 33.1. The van der Waals surface area contributed by atoms with Crippen molar-refractivity contribution in [3.05, 3.63) is 0 Å². The fourth-order valence-corrected chi connectivity index (χ4v) is 2.98. The SMILES string of the molecule is CS(=O)(=O)NC[C@H]1O[C@@H](CC(=O)N2CCOCC2)[C@H](O)[C@@H]1O. The first-order valence-corrected chi connectivity index (χ1v) is 8.99. The minimum atomic E-state index is -3.42. The summed E-state index contributed by atoms with van der Waals surface area (Å²) >= 11 is 0. The summed E-state index contributed by atoms with van der Waals surface area (Å²) in [5, 5.41) is 19.9. The van der Waals surface area contributed by atoms with Crippen molar-refractivity contribution in [3.8, 4) is 0 Å². The number of amides is 1. The third kappa shape index (κ3) is 4.61. The molecular weight excluding hydrogens is 316 g/mol. The summed E-state index contributed by atoms with van der Waals surface area (Å²) in [4.78, 5) is 13.7. The van der Waals surface area contributed by atoms with Crippen molar-refractivity contribution < 1.29 is 32.9 Å². The molecule has 2 aliphatic rings. The average Bonchev–Trinajstić information content (AvgIpc) is 2.73. The standard InChI is InChI=1S/C12H22N2O7S/c1-22(18,19)13-7-9-12(17)11(16)8(21-9)6-10(15)14-2-4-20-5-3-14/h8-9,11-13,16-17H,2-7H2,1H3/t8-,9+,11-,12+/m0/s1. The van der Waals surface area contributed by atoms with Gasteiger partial charge in [-0.2, -0.15) is 0 Å². The van der Waals surface area contributed by atoms with Gasteiger partial charge in [-0.15, -0.1) is 0 Å². The lowest BCUT2D eigenvalue weighted by molar-refractivity contribution is -0.139. The highest BCUT2D eigenvalue weighted by atomic mass is 32.2. The van der Waals surface area contributed by atoms with Gasteiger partial charge in [-0.1, -0.05) is 0 Å². The van der Waals surface area contributed by atoms with Crippen molar-refractivity contribution in [2.75, 3.05) is 39.1 Å². The number of morpholine rings is 1. The second kappa shape index (κ2) is 7.20. The lowest BCUT2D eigenvalue weighted by Gasteiger charge is -2.28. The van der Waals surface area contributed by atoms with Gasteiger partial charge in [-0.25, -0.2) is 13.1 Å². The van der Waals surface area contributed by atoms with E-state index in [0.29, 0.717) is 26.3 Å². The van der Waals surface area contributed by atoms with E-state index < -0.39 is 34.4 Å². The molecular formula is C12H22N2O7S. The summed E-state index contributed by atoms with van der Waals surface area (Å²) < 4.78 is 34.9. The quantitative estimate of drug-likeness (QED) is 0.497. The molecule has 0 aliphatic carbocycles. The Kier molecular flexibility index (Phi) is 5.75. The van der Waals surface area contributed by atoms with Gasteiger partial charge in [0.05, 0.1) is 32.0 Å². The molecule has 128 valence electrons. The second-order valence-corrected chi connectivity index (χ2v) is 7.35. The van der Waals surface area contributed by atoms with Crippen LogP contribution in [-0.2, 0) is 24.3 Å². The Balaban J connectivity index is 1.87. The molecule has 3 N–H and O–H groups in total. The van der Waals surface area contributed by atoms with E-state index in [1.807, 2.05) is 0 Å². The average molecular weight is 338 g/mol. The van der Waals surface area contributed by atoms with Gasteiger partial charge >= 0.3 is 0 Å². The number of carbonyl (C=O) groups is 1. The predicted octanol–water partition coefficient (Wildman–Crippen LogP) is -2.73. The first kappa shape index (κ1) is 17.6. The van der Waals surface area contributed by atoms with Crippen molar-refractivity contribution in [2.45, 2.75) is 30.8 Å². The van der Waals surface area contributed by atoms with Crippen molar-refractivity contribution >= 4 is 15.9 Å². The lowest BCUT2D eigenvalue weighted by Crippen LogP contribution is -2.43. The summed E-state index contributed by atoms with van der Waals surface area (Å²) in [5.74, 6) is -0.184. The Labute approximate surface area is 129 Å². The van der Waals surface area contributed by atoms with Gasteiger partial charge in [0.2, 0.25) is 15.9 Å². The maximum absolute atomic E-state index is 12.1. The molecule has 0 aromatic carbocycles. The third-order valence-corrected chi connectivity index (χ3v) is 4.44. The third-order valence-electron chi connectivity index (χ3n) is 3.75. The minimum absolute atomic E-state index is 0.0619. The Bertz CT molecular complexity index is 492. The van der Waals surface area contributed by atoms with Crippen LogP contribution in [0.25, 0.3) is 0 Å². The number of sulfonamides is 1. The number of nitrogens with zero attached hydrogens (tertiary/aromatic N) is 1. The first-order chi connectivity index (χ1) is 10.3. The molecule has 2 aliphatic heterocycles. The molecule has 4 atom stereocenters. The van der Waals surface area contributed by atoms with Crippen LogP contribution in [0, 0.1) is 0 Å². The molecule has 2 rings (SSSR count). The van der Waals surface area contributed by atoms with E-state index in [4.69, 9.17) is 9.47 Å². The van der Waals surface area contributed by atoms with Crippen molar-refractivity contribution in [1.82, 2.24) is 9.62 Å². The summed E-state index contributed by atoms with van der Waals surface area (Å²) in [6.07, 6.45) is -3.27. The second-order valence-electron chi connectivity index (χ2n) is 5.51. The van der Waals surface area contributed by atoms with Crippen LogP contribution in [0.3, 0.4) is 0 Å². The number of hydrogen-bond donors (Lipinski definition) is 3. The van der Waals surface area contributed by atoms with E-state index in [-0.39, 0.29) is 18.9 Å². The number of carbonyl (C=O) groups excluding carboxylic acids is 1. The summed E-state index contributed by atoms with van der Waals surface area (Å²) in [5.41, 5.74) is 0. The number of nitrogens with one attached hydrogen (secondary N) is 1. The minimum Gasteiger partial charge on any atom is -0.388 e. The van der Waals surface area contributed by atoms with Crippen molar-refractivity contribution in [2.24, 2.45) is 0 Å². The van der Waals surface area contributed by atoms with Crippen LogP contribution >= 0.6 is 0 Å². The van der Waals surface area contributed by atoms with Crippen LogP contribution in [0.5, 0.6) is 0 Å². The van der Waals surface area contributed by atoms with Crippen molar-refractivity contribution in [3.63, 3.8) is 0 Å². The van der Waals surface area contributed by atoms with Crippen LogP contribution in [0.15, 0.2) is 0 Å². The largest absolute Gasteiger partial charge is 0.388 e. The van der Waals surface area contributed by atoms with E-state index in [1.165, 1.54) is 0 Å². The predicted molar refractivity (Wildman–Crippen MR) is 75.5 cm³/mol. The molecule has 22 heavy (non-hydrogen) atoms. The lowest BCUT2D eigenvalue weighted by atomic mass is 10.1. The molecule has 10 heteroatoms. The van der Waals surface area contributed by atoms with Gasteiger partial charge < -0.3 is 24.6 Å². The zero-order valence-electron chi connectivity index (χ0n) is 12.3. The van der Waals surface area contributed by atoms with Gasteiger partial charge in [0.1, 0.15) is 18.3 Å². The van der Waals surface area contributed by atoms with Crippen molar-refractivity contribution in [1.29, 1.82) is 0 Å². The Morgan fingerprint density at radius 2 is 1.82 bits per heavy atom. The highest BCUT2D eigenvalue weighted by Gasteiger charge is 2.43. The molecule has 0 spiro atoms. The van der Waals surface area contributed by atoms with Gasteiger partial charge in [0.15, 0.2) is 0 Å². The van der Waals surface area contributed by atoms with E-state index in [1.54, 1.807) is 4.90 Å². The van der Waals surface area contributed by atoms with Gasteiger partial charge in [0.25, 0.3) is 0 Å². The fraction of sp³-hybridized carbons (Fsp3) is 0.917. The van der Waals surface area contributed by atoms with Crippen LogP contribution in [0.1, 0.15) is 6.42 Å². The molecule has 0 aromatic rings. The highest BCUT2D eigenvalue weighted by molar-refractivity contribution is 7.88. The first-order valence-electron chi connectivity index (χ1n) is 7.09. The monoisotopic (exact) mass is 338 g/mol. The molecule has 9 nitrogen and oxygen atoms in total. The molecule has 0 aromatic heterocycles. The summed E-state index contributed by atoms with van der Waals surface area (Å²) in [6, 6.07) is 0. The summed E-state index contributed by atoms with van der Waals surface area (Å²) in [6.45, 7) is 1.78. The maximum Gasteiger partial charge on any atom is 0.225 e. The molecule has 0 radical (unpaired) electrons. The fourth-order valence-electron chi connectivity index (χ4n) is 2.51. The molecule has 0 unspecified atom stereocenters. The topological polar surface area (TPSA) is 125 Å². The molecule has 2 heterocycles. The molecule has 0 bridgehead atoms. The van der Waals surface area contributed by atoms with E-state index in [0.717, 1.165) is 6.26 Å². The molecule has 0 saturated carbocycles. The Hall–Kier alpha value is -0.780. The number of hydrogen-bond acceptors (Lipinski definition) is 7. The van der Waals surface area contributed by atoms with E-state index in [9.17, 15) is 23.4 Å². The number of aliphatic hydroxyl groups is 2. The van der Waals surface area contributed by atoms with Crippen LogP contribution in [0.2, 0.25) is 0 Å². The summed E-state index contributed by atoms with van der Waals surface area (Å²) in [7, 11) is -3.42. The number of aliphatic hydroxyl groups excluding tert-OH is 2. The van der Waals surface area contributed by atoms with E-state index >= 15 is 0 Å².